The second-order valence-corrected chi connectivity index (χ2v) is 8.99. The average molecular weight is 430 g/mol. The van der Waals surface area contributed by atoms with Crippen LogP contribution in [-0.4, -0.2) is 27.2 Å². The number of para-hydroxylation sites is 1. The van der Waals surface area contributed by atoms with Crippen molar-refractivity contribution in [3.8, 4) is 5.88 Å². The quantitative estimate of drug-likeness (QED) is 0.536. The summed E-state index contributed by atoms with van der Waals surface area (Å²) in [5.74, 6) is -0.183. The van der Waals surface area contributed by atoms with E-state index >= 15 is 0 Å². The molecule has 1 aromatic carbocycles. The third-order valence-corrected chi connectivity index (χ3v) is 7.25. The van der Waals surface area contributed by atoms with Crippen LogP contribution in [0.1, 0.15) is 30.7 Å². The van der Waals surface area contributed by atoms with Crippen LogP contribution in [-0.2, 0) is 11.3 Å². The Labute approximate surface area is 176 Å². The van der Waals surface area contributed by atoms with Crippen molar-refractivity contribution in [2.45, 2.75) is 26.8 Å². The van der Waals surface area contributed by atoms with Gasteiger partial charge in [0.15, 0.2) is 3.95 Å². The Hall–Kier alpha value is -2.16. The molecule has 4 rings (SSSR count). The fourth-order valence-corrected chi connectivity index (χ4v) is 5.72. The third-order valence-electron chi connectivity index (χ3n) is 4.59. The largest absolute Gasteiger partial charge is 0.493 e. The highest BCUT2D eigenvalue weighted by Crippen LogP contribution is 2.41. The predicted molar refractivity (Wildman–Crippen MR) is 120 cm³/mol. The molecule has 0 atom stereocenters. The zero-order chi connectivity index (χ0) is 19.8. The number of benzene rings is 1. The number of nitrogens with zero attached hydrogens (tertiary/aromatic N) is 3. The first-order valence-corrected chi connectivity index (χ1v) is 11.1. The molecular weight excluding hydrogens is 410 g/mol. The number of anilines is 1. The molecule has 0 radical (unpaired) electrons. The van der Waals surface area contributed by atoms with E-state index in [1.54, 1.807) is 4.57 Å². The fraction of sp³-hybridized carbons (Fsp3) is 0.250. The van der Waals surface area contributed by atoms with Gasteiger partial charge >= 0.3 is 0 Å². The van der Waals surface area contributed by atoms with E-state index < -0.39 is 0 Å². The normalized spacial score (nSPS) is 18.6. The van der Waals surface area contributed by atoms with Crippen LogP contribution in [0.5, 0.6) is 5.88 Å². The zero-order valence-electron chi connectivity index (χ0n) is 15.5. The molecule has 5 nitrogen and oxygen atoms in total. The van der Waals surface area contributed by atoms with Gasteiger partial charge in [0.2, 0.25) is 5.88 Å². The smallest absolute Gasteiger partial charge is 0.287 e. The molecule has 2 aromatic rings. The summed E-state index contributed by atoms with van der Waals surface area (Å²) in [7, 11) is 0. The van der Waals surface area contributed by atoms with Crippen LogP contribution in [0.3, 0.4) is 0 Å². The van der Waals surface area contributed by atoms with Crippen LogP contribution in [0.15, 0.2) is 45.9 Å². The molecule has 0 bridgehead atoms. The van der Waals surface area contributed by atoms with E-state index in [0.29, 0.717) is 25.3 Å². The lowest BCUT2D eigenvalue weighted by Crippen LogP contribution is -2.25. The number of hydrogen-bond donors (Lipinski definition) is 1. The number of carbonyl (C=O) groups excluding carboxylic acids is 1. The van der Waals surface area contributed by atoms with Crippen molar-refractivity contribution >= 4 is 58.0 Å². The van der Waals surface area contributed by atoms with Gasteiger partial charge in [0.1, 0.15) is 14.8 Å². The molecule has 0 saturated heterocycles. The minimum Gasteiger partial charge on any atom is -0.493 e. The molecule has 1 N–H and O–H groups in total. The molecule has 0 spiro atoms. The summed E-state index contributed by atoms with van der Waals surface area (Å²) in [4.78, 5) is 20.2. The summed E-state index contributed by atoms with van der Waals surface area (Å²) in [6.07, 6.45) is 4.85. The van der Waals surface area contributed by atoms with Gasteiger partial charge in [0.25, 0.3) is 5.91 Å². The van der Waals surface area contributed by atoms with Crippen LogP contribution in [0.25, 0.3) is 6.08 Å². The Morgan fingerprint density at radius 1 is 1.21 bits per heavy atom. The molecule has 0 saturated carbocycles. The maximum Gasteiger partial charge on any atom is 0.287 e. The van der Waals surface area contributed by atoms with Crippen LogP contribution in [0.2, 0.25) is 0 Å². The third kappa shape index (κ3) is 3.15. The average Bonchev–Trinajstić information content (AvgIpc) is 3.21. The van der Waals surface area contributed by atoms with E-state index in [1.165, 1.54) is 23.1 Å². The number of likely N-dealkylation sites (N-methyl/N-ethyl adjacent to an activating group) is 1. The number of amides is 1. The van der Waals surface area contributed by atoms with E-state index in [4.69, 9.17) is 12.2 Å². The SMILES string of the molecule is CCCn1c(O)c(C2=NC(=O)C(=C3C=Cc4ccccc4N3CC)S2)sc1=S. The number of thiazole rings is 1. The molecule has 1 aromatic heterocycles. The number of carbonyl (C=O) groups is 1. The molecule has 0 aliphatic carbocycles. The Morgan fingerprint density at radius 2 is 2.00 bits per heavy atom. The zero-order valence-corrected chi connectivity index (χ0v) is 18.0. The van der Waals surface area contributed by atoms with Crippen LogP contribution in [0.4, 0.5) is 5.69 Å². The highest BCUT2D eigenvalue weighted by Gasteiger charge is 2.32. The first-order valence-electron chi connectivity index (χ1n) is 9.07. The second-order valence-electron chi connectivity index (χ2n) is 6.35. The maximum absolute atomic E-state index is 12.7. The van der Waals surface area contributed by atoms with Gasteiger partial charge in [0, 0.05) is 18.8 Å². The number of fused-ring (bicyclic) bond motifs is 1. The minimum atomic E-state index is -0.279. The number of aromatic nitrogens is 1. The summed E-state index contributed by atoms with van der Waals surface area (Å²) >= 11 is 7.97. The van der Waals surface area contributed by atoms with Gasteiger partial charge in [-0.25, -0.2) is 0 Å². The van der Waals surface area contributed by atoms with Crippen molar-refractivity contribution in [3.05, 3.63) is 55.3 Å². The Kier molecular flexibility index (Phi) is 5.27. The number of allylic oxidation sites excluding steroid dienone is 1. The number of aliphatic imine (C=N–C) groups is 1. The van der Waals surface area contributed by atoms with Gasteiger partial charge < -0.3 is 10.0 Å². The molecule has 3 heterocycles. The van der Waals surface area contributed by atoms with Gasteiger partial charge in [-0.1, -0.05) is 54.3 Å². The molecule has 0 fully saturated rings. The summed E-state index contributed by atoms with van der Waals surface area (Å²) in [6, 6.07) is 8.11. The van der Waals surface area contributed by atoms with E-state index in [2.05, 4.69) is 28.9 Å². The van der Waals surface area contributed by atoms with E-state index in [0.717, 1.165) is 29.9 Å². The lowest BCUT2D eigenvalue weighted by atomic mass is 10.1. The van der Waals surface area contributed by atoms with Gasteiger partial charge in [-0.2, -0.15) is 4.99 Å². The number of hydrogen-bond acceptors (Lipinski definition) is 6. The molecule has 0 unspecified atom stereocenters. The van der Waals surface area contributed by atoms with Gasteiger partial charge in [-0.3, -0.25) is 9.36 Å². The van der Waals surface area contributed by atoms with E-state index in [1.807, 2.05) is 31.2 Å². The number of aromatic hydroxyl groups is 1. The van der Waals surface area contributed by atoms with Crippen molar-refractivity contribution in [3.63, 3.8) is 0 Å². The summed E-state index contributed by atoms with van der Waals surface area (Å²) in [6.45, 7) is 5.47. The fourth-order valence-electron chi connectivity index (χ4n) is 3.32. The standard InChI is InChI=1S/C20H19N3O2S3/c1-3-11-23-19(25)16(28-20(23)26)18-21-17(24)15(27-18)14-10-9-12-7-5-6-8-13(12)22(14)4-2/h5-10,25H,3-4,11H2,1-2H3. The first-order chi connectivity index (χ1) is 13.5. The maximum atomic E-state index is 12.7. The molecule has 144 valence electrons. The Morgan fingerprint density at radius 3 is 2.75 bits per heavy atom. The summed E-state index contributed by atoms with van der Waals surface area (Å²) < 4.78 is 2.29. The lowest BCUT2D eigenvalue weighted by molar-refractivity contribution is -0.113. The Balaban J connectivity index is 1.73. The first kappa shape index (κ1) is 19.2. The predicted octanol–water partition coefficient (Wildman–Crippen LogP) is 5.18. The molecule has 1 amide bonds. The van der Waals surface area contributed by atoms with Gasteiger partial charge in [-0.15, -0.1) is 0 Å². The highest BCUT2D eigenvalue weighted by molar-refractivity contribution is 8.19. The Bertz CT molecular complexity index is 1110. The van der Waals surface area contributed by atoms with Crippen molar-refractivity contribution in [2.24, 2.45) is 4.99 Å². The molecule has 2 aliphatic rings. The van der Waals surface area contributed by atoms with Crippen molar-refractivity contribution < 1.29 is 9.90 Å². The highest BCUT2D eigenvalue weighted by atomic mass is 32.2. The monoisotopic (exact) mass is 429 g/mol. The van der Waals surface area contributed by atoms with E-state index in [-0.39, 0.29) is 11.8 Å². The molecule has 28 heavy (non-hydrogen) atoms. The van der Waals surface area contributed by atoms with Crippen molar-refractivity contribution in [1.29, 1.82) is 0 Å². The summed E-state index contributed by atoms with van der Waals surface area (Å²) in [5.41, 5.74) is 3.04. The number of rotatable bonds is 4. The lowest BCUT2D eigenvalue weighted by Gasteiger charge is -2.30. The second kappa shape index (κ2) is 7.69. The molecule has 2 aliphatic heterocycles. The van der Waals surface area contributed by atoms with Crippen molar-refractivity contribution in [1.82, 2.24) is 4.57 Å². The summed E-state index contributed by atoms with van der Waals surface area (Å²) in [5, 5.41) is 11.1. The molecule has 8 heteroatoms. The van der Waals surface area contributed by atoms with Crippen molar-refractivity contribution in [2.75, 3.05) is 11.4 Å². The van der Waals surface area contributed by atoms with Crippen LogP contribution in [0, 0.1) is 3.95 Å². The molecular formula is C20H19N3O2S3. The topological polar surface area (TPSA) is 57.8 Å². The van der Waals surface area contributed by atoms with E-state index in [9.17, 15) is 9.90 Å². The van der Waals surface area contributed by atoms with Gasteiger partial charge in [0.05, 0.1) is 5.70 Å². The number of thioether (sulfide) groups is 1. The van der Waals surface area contributed by atoms with Crippen LogP contribution >= 0.6 is 35.3 Å². The van der Waals surface area contributed by atoms with Crippen LogP contribution < -0.4 is 4.90 Å². The van der Waals surface area contributed by atoms with Gasteiger partial charge in [-0.05, 0) is 43.3 Å². The minimum absolute atomic E-state index is 0.0963.